The number of benzene rings is 1. The van der Waals surface area contributed by atoms with Gasteiger partial charge < -0.3 is 5.43 Å². The second-order valence-corrected chi connectivity index (χ2v) is 4.28. The van der Waals surface area contributed by atoms with Crippen LogP contribution in [-0.2, 0) is 0 Å². The third-order valence-corrected chi connectivity index (χ3v) is 3.23. The highest BCUT2D eigenvalue weighted by Gasteiger charge is 2.23. The molecule has 1 aromatic heterocycles. The lowest BCUT2D eigenvalue weighted by molar-refractivity contribution is -0.383. The van der Waals surface area contributed by atoms with Crippen molar-refractivity contribution in [3.8, 4) is 5.69 Å². The molecule has 0 amide bonds. The molecule has 2 aromatic rings. The second kappa shape index (κ2) is 4.69. The summed E-state index contributed by atoms with van der Waals surface area (Å²) in [5, 5.41) is 15.6. The smallest absolute Gasteiger partial charge is 0.318 e. The number of hydrazine groups is 1. The molecular weight excluding hydrogens is 246 g/mol. The Bertz CT molecular complexity index is 648. The van der Waals surface area contributed by atoms with E-state index >= 15 is 0 Å². The van der Waals surface area contributed by atoms with Crippen LogP contribution in [-0.4, -0.2) is 14.7 Å². The molecular formula is C12H15N5O2. The summed E-state index contributed by atoms with van der Waals surface area (Å²) >= 11 is 0. The Balaban J connectivity index is 2.75. The van der Waals surface area contributed by atoms with Crippen molar-refractivity contribution in [3.05, 3.63) is 45.3 Å². The van der Waals surface area contributed by atoms with Crippen molar-refractivity contribution >= 4 is 11.4 Å². The molecule has 0 fully saturated rings. The summed E-state index contributed by atoms with van der Waals surface area (Å²) in [5.74, 6) is 5.32. The third kappa shape index (κ3) is 2.04. The van der Waals surface area contributed by atoms with Gasteiger partial charge in [-0.05, 0) is 38.5 Å². The Labute approximate surface area is 110 Å². The van der Waals surface area contributed by atoms with E-state index < -0.39 is 4.92 Å². The van der Waals surface area contributed by atoms with Crippen molar-refractivity contribution in [1.82, 2.24) is 9.78 Å². The number of rotatable bonds is 3. The fourth-order valence-corrected chi connectivity index (χ4v) is 1.97. The number of nitrogens with one attached hydrogen (secondary N) is 1. The van der Waals surface area contributed by atoms with Crippen molar-refractivity contribution in [1.29, 1.82) is 0 Å². The van der Waals surface area contributed by atoms with Crippen LogP contribution in [0, 0.1) is 30.9 Å². The quantitative estimate of drug-likeness (QED) is 0.500. The van der Waals surface area contributed by atoms with Gasteiger partial charge in [-0.1, -0.05) is 6.07 Å². The van der Waals surface area contributed by atoms with E-state index in [1.165, 1.54) is 0 Å². The van der Waals surface area contributed by atoms with E-state index in [1.54, 1.807) is 22.9 Å². The van der Waals surface area contributed by atoms with Crippen LogP contribution in [0.5, 0.6) is 0 Å². The van der Waals surface area contributed by atoms with E-state index in [9.17, 15) is 10.1 Å². The molecule has 0 aliphatic rings. The van der Waals surface area contributed by atoms with Gasteiger partial charge >= 0.3 is 5.69 Å². The first-order valence-electron chi connectivity index (χ1n) is 5.74. The van der Waals surface area contributed by atoms with Gasteiger partial charge in [0.05, 0.1) is 10.6 Å². The summed E-state index contributed by atoms with van der Waals surface area (Å²) in [7, 11) is 0. The van der Waals surface area contributed by atoms with Crippen molar-refractivity contribution < 1.29 is 4.92 Å². The molecule has 2 rings (SSSR count). The van der Waals surface area contributed by atoms with Crippen molar-refractivity contribution in [2.75, 3.05) is 5.43 Å². The maximum atomic E-state index is 11.2. The Morgan fingerprint density at radius 2 is 2.05 bits per heavy atom. The van der Waals surface area contributed by atoms with Gasteiger partial charge in [0.15, 0.2) is 0 Å². The number of hydrogen-bond acceptors (Lipinski definition) is 5. The zero-order chi connectivity index (χ0) is 14.2. The molecule has 0 bridgehead atoms. The van der Waals surface area contributed by atoms with Gasteiger partial charge in [0, 0.05) is 5.69 Å². The second-order valence-electron chi connectivity index (χ2n) is 4.28. The van der Waals surface area contributed by atoms with Crippen molar-refractivity contribution in [3.63, 3.8) is 0 Å². The molecule has 0 saturated heterocycles. The first kappa shape index (κ1) is 13.0. The zero-order valence-electron chi connectivity index (χ0n) is 11.0. The molecule has 19 heavy (non-hydrogen) atoms. The normalized spacial score (nSPS) is 10.5. The highest BCUT2D eigenvalue weighted by atomic mass is 16.6. The lowest BCUT2D eigenvalue weighted by Gasteiger charge is -2.09. The number of para-hydroxylation sites is 1. The summed E-state index contributed by atoms with van der Waals surface area (Å²) in [6.07, 6.45) is 0. The molecule has 0 radical (unpaired) electrons. The largest absolute Gasteiger partial charge is 0.319 e. The molecule has 100 valence electrons. The maximum Gasteiger partial charge on any atom is 0.319 e. The lowest BCUT2D eigenvalue weighted by atomic mass is 10.2. The molecule has 7 nitrogen and oxygen atoms in total. The molecule has 0 aliphatic heterocycles. The molecule has 0 spiro atoms. The molecule has 0 aliphatic carbocycles. The minimum absolute atomic E-state index is 0.0874. The first-order valence-corrected chi connectivity index (χ1v) is 5.74. The summed E-state index contributed by atoms with van der Waals surface area (Å²) < 4.78 is 1.57. The predicted octanol–water partition coefficient (Wildman–Crippen LogP) is 1.99. The van der Waals surface area contributed by atoms with Crippen LogP contribution >= 0.6 is 0 Å². The zero-order valence-corrected chi connectivity index (χ0v) is 11.0. The number of aromatic nitrogens is 2. The molecule has 0 unspecified atom stereocenters. The summed E-state index contributed by atoms with van der Waals surface area (Å²) in [6.45, 7) is 5.68. The molecule has 0 atom stereocenters. The predicted molar refractivity (Wildman–Crippen MR) is 72.2 cm³/mol. The Morgan fingerprint density at radius 1 is 1.37 bits per heavy atom. The van der Waals surface area contributed by atoms with Crippen LogP contribution in [0.2, 0.25) is 0 Å². The average Bonchev–Trinajstić information content (AvgIpc) is 2.65. The average molecular weight is 261 g/mol. The van der Waals surface area contributed by atoms with E-state index in [-0.39, 0.29) is 11.4 Å². The number of nitrogen functional groups attached to an aromatic ring is 1. The van der Waals surface area contributed by atoms with Crippen LogP contribution in [0.1, 0.15) is 17.0 Å². The highest BCUT2D eigenvalue weighted by molar-refractivity contribution is 5.70. The van der Waals surface area contributed by atoms with Crippen LogP contribution < -0.4 is 11.3 Å². The van der Waals surface area contributed by atoms with Gasteiger partial charge in [0.25, 0.3) is 0 Å². The van der Waals surface area contributed by atoms with Gasteiger partial charge in [0.1, 0.15) is 11.4 Å². The number of hydrogen-bond donors (Lipinski definition) is 2. The SMILES string of the molecule is Cc1nn(-c2cccc(NN)c2[N+](=O)[O-])c(C)c1C. The third-order valence-electron chi connectivity index (χ3n) is 3.23. The van der Waals surface area contributed by atoms with E-state index in [0.717, 1.165) is 17.0 Å². The summed E-state index contributed by atoms with van der Waals surface area (Å²) in [4.78, 5) is 10.8. The minimum Gasteiger partial charge on any atom is -0.318 e. The Hall–Kier alpha value is -2.41. The number of nitro benzene ring substituents is 1. The van der Waals surface area contributed by atoms with Crippen LogP contribution in [0.15, 0.2) is 18.2 Å². The monoisotopic (exact) mass is 261 g/mol. The molecule has 1 aromatic carbocycles. The molecule has 3 N–H and O–H groups in total. The number of aryl methyl sites for hydroxylation is 1. The fraction of sp³-hybridized carbons (Fsp3) is 0.250. The number of nitrogens with two attached hydrogens (primary N) is 1. The first-order chi connectivity index (χ1) is 8.97. The van der Waals surface area contributed by atoms with Gasteiger partial charge in [-0.3, -0.25) is 16.0 Å². The van der Waals surface area contributed by atoms with E-state index in [1.807, 2.05) is 20.8 Å². The Morgan fingerprint density at radius 3 is 2.53 bits per heavy atom. The van der Waals surface area contributed by atoms with Gasteiger partial charge in [-0.15, -0.1) is 0 Å². The van der Waals surface area contributed by atoms with Gasteiger partial charge in [-0.2, -0.15) is 5.10 Å². The highest BCUT2D eigenvalue weighted by Crippen LogP contribution is 2.32. The number of nitro groups is 1. The molecule has 0 saturated carbocycles. The molecule has 1 heterocycles. The maximum absolute atomic E-state index is 11.2. The lowest BCUT2D eigenvalue weighted by Crippen LogP contribution is -2.11. The van der Waals surface area contributed by atoms with Crippen LogP contribution in [0.3, 0.4) is 0 Å². The number of nitrogens with zero attached hydrogens (tertiary/aromatic N) is 3. The van der Waals surface area contributed by atoms with E-state index in [4.69, 9.17) is 5.84 Å². The number of anilines is 1. The van der Waals surface area contributed by atoms with Crippen LogP contribution in [0.4, 0.5) is 11.4 Å². The van der Waals surface area contributed by atoms with Gasteiger partial charge in [0.2, 0.25) is 0 Å². The standard InChI is InChI=1S/C12H15N5O2/c1-7-8(2)15-16(9(7)3)11-6-4-5-10(14-13)12(11)17(18)19/h4-6,14H,13H2,1-3H3. The van der Waals surface area contributed by atoms with E-state index in [2.05, 4.69) is 10.5 Å². The fourth-order valence-electron chi connectivity index (χ4n) is 1.97. The van der Waals surface area contributed by atoms with E-state index in [0.29, 0.717) is 5.69 Å². The summed E-state index contributed by atoms with van der Waals surface area (Å²) in [6, 6.07) is 4.90. The van der Waals surface area contributed by atoms with Gasteiger partial charge in [-0.25, -0.2) is 4.68 Å². The molecule has 7 heteroatoms. The Kier molecular flexibility index (Phi) is 3.22. The minimum atomic E-state index is -0.462. The summed E-state index contributed by atoms with van der Waals surface area (Å²) in [5.41, 5.74) is 5.64. The van der Waals surface area contributed by atoms with Crippen molar-refractivity contribution in [2.24, 2.45) is 5.84 Å². The van der Waals surface area contributed by atoms with Crippen LogP contribution in [0.25, 0.3) is 5.69 Å². The van der Waals surface area contributed by atoms with Crippen molar-refractivity contribution in [2.45, 2.75) is 20.8 Å². The topological polar surface area (TPSA) is 99.0 Å².